The van der Waals surface area contributed by atoms with E-state index in [9.17, 15) is 4.79 Å². The van der Waals surface area contributed by atoms with E-state index in [1.165, 1.54) is 0 Å². The van der Waals surface area contributed by atoms with Gasteiger partial charge in [0.15, 0.2) is 0 Å². The number of anilines is 1. The minimum atomic E-state index is -0.234. The van der Waals surface area contributed by atoms with Crippen LogP contribution in [0.1, 0.15) is 10.5 Å². The summed E-state index contributed by atoms with van der Waals surface area (Å²) in [6.45, 7) is 0. The van der Waals surface area contributed by atoms with Crippen LogP contribution >= 0.6 is 0 Å². The van der Waals surface area contributed by atoms with E-state index < -0.39 is 0 Å². The predicted molar refractivity (Wildman–Crippen MR) is 88.1 cm³/mol. The van der Waals surface area contributed by atoms with Crippen molar-refractivity contribution in [2.24, 2.45) is 0 Å². The number of aromatic amines is 2. The highest BCUT2D eigenvalue weighted by Gasteiger charge is 2.11. The quantitative estimate of drug-likeness (QED) is 0.543. The molecule has 6 heteroatoms. The van der Waals surface area contributed by atoms with Gasteiger partial charge in [0.25, 0.3) is 5.91 Å². The summed E-state index contributed by atoms with van der Waals surface area (Å²) in [5.41, 5.74) is 3.75. The van der Waals surface area contributed by atoms with E-state index in [0.717, 1.165) is 22.2 Å². The van der Waals surface area contributed by atoms with Gasteiger partial charge in [-0.25, -0.2) is 0 Å². The minimum absolute atomic E-state index is 0.234. The summed E-state index contributed by atoms with van der Waals surface area (Å²) < 4.78 is 0. The van der Waals surface area contributed by atoms with Gasteiger partial charge >= 0.3 is 0 Å². The molecule has 0 spiro atoms. The molecule has 0 unspecified atom stereocenters. The first kappa shape index (κ1) is 13.3. The number of hydrogen-bond donors (Lipinski definition) is 3. The standard InChI is InChI=1S/C17H13N5O/c23-17(19-13-6-7-14-12(8-13)10-18-20-14)16-9-15(21-22-16)11-4-2-1-3-5-11/h1-10H,(H,18,20)(H,19,23)(H,21,22). The van der Waals surface area contributed by atoms with Crippen molar-refractivity contribution in [3.05, 3.63) is 66.5 Å². The molecule has 0 saturated carbocycles. The van der Waals surface area contributed by atoms with Crippen LogP contribution in [0.15, 0.2) is 60.8 Å². The molecule has 1 amide bonds. The molecule has 0 radical (unpaired) electrons. The summed E-state index contributed by atoms with van der Waals surface area (Å²) in [6, 6.07) is 17.0. The smallest absolute Gasteiger partial charge is 0.273 e. The SMILES string of the molecule is O=C(Nc1ccc2[nH]ncc2c1)c1cc(-c2ccccc2)n[nH]1. The molecule has 3 N–H and O–H groups in total. The number of aromatic nitrogens is 4. The van der Waals surface area contributed by atoms with Crippen LogP contribution in [0, 0.1) is 0 Å². The van der Waals surface area contributed by atoms with Gasteiger partial charge in [0.2, 0.25) is 0 Å². The average molecular weight is 303 g/mol. The van der Waals surface area contributed by atoms with Crippen LogP contribution < -0.4 is 5.32 Å². The zero-order valence-corrected chi connectivity index (χ0v) is 12.1. The number of fused-ring (bicyclic) bond motifs is 1. The van der Waals surface area contributed by atoms with E-state index in [4.69, 9.17) is 0 Å². The van der Waals surface area contributed by atoms with Gasteiger partial charge in [0, 0.05) is 16.6 Å². The van der Waals surface area contributed by atoms with Gasteiger partial charge in [-0.3, -0.25) is 15.0 Å². The Bertz CT molecular complexity index is 971. The van der Waals surface area contributed by atoms with Crippen LogP contribution in [0.5, 0.6) is 0 Å². The number of carbonyl (C=O) groups is 1. The van der Waals surface area contributed by atoms with E-state index in [1.807, 2.05) is 48.5 Å². The molecular formula is C17H13N5O. The second-order valence-corrected chi connectivity index (χ2v) is 5.16. The maximum absolute atomic E-state index is 12.3. The molecule has 23 heavy (non-hydrogen) atoms. The van der Waals surface area contributed by atoms with Gasteiger partial charge in [-0.05, 0) is 24.3 Å². The summed E-state index contributed by atoms with van der Waals surface area (Å²) >= 11 is 0. The average Bonchev–Trinajstić information content (AvgIpc) is 3.24. The van der Waals surface area contributed by atoms with Crippen LogP contribution in [0.2, 0.25) is 0 Å². The molecule has 2 heterocycles. The van der Waals surface area contributed by atoms with E-state index in [2.05, 4.69) is 25.7 Å². The van der Waals surface area contributed by atoms with Crippen LogP contribution in [0.25, 0.3) is 22.2 Å². The topological polar surface area (TPSA) is 86.5 Å². The monoisotopic (exact) mass is 303 g/mol. The lowest BCUT2D eigenvalue weighted by Gasteiger charge is -2.03. The van der Waals surface area contributed by atoms with Crippen molar-refractivity contribution in [1.82, 2.24) is 20.4 Å². The van der Waals surface area contributed by atoms with Crippen molar-refractivity contribution >= 4 is 22.5 Å². The third-order valence-electron chi connectivity index (χ3n) is 3.59. The van der Waals surface area contributed by atoms with Crippen molar-refractivity contribution in [3.8, 4) is 11.3 Å². The molecule has 2 aromatic heterocycles. The zero-order chi connectivity index (χ0) is 15.6. The zero-order valence-electron chi connectivity index (χ0n) is 12.1. The fourth-order valence-corrected chi connectivity index (χ4v) is 2.41. The van der Waals surface area contributed by atoms with Gasteiger partial charge < -0.3 is 5.32 Å². The first-order valence-electron chi connectivity index (χ1n) is 7.15. The Hall–Kier alpha value is -3.41. The number of benzene rings is 2. The summed E-state index contributed by atoms with van der Waals surface area (Å²) in [7, 11) is 0. The first-order chi connectivity index (χ1) is 11.3. The fourth-order valence-electron chi connectivity index (χ4n) is 2.41. The van der Waals surface area contributed by atoms with Crippen molar-refractivity contribution in [3.63, 3.8) is 0 Å². The van der Waals surface area contributed by atoms with Crippen molar-refractivity contribution in [2.75, 3.05) is 5.32 Å². The normalized spacial score (nSPS) is 10.8. The van der Waals surface area contributed by atoms with Gasteiger partial charge in [0.05, 0.1) is 17.4 Å². The predicted octanol–water partition coefficient (Wildman–Crippen LogP) is 3.21. The molecule has 0 bridgehead atoms. The van der Waals surface area contributed by atoms with Crippen LogP contribution in [0.3, 0.4) is 0 Å². The molecule has 4 rings (SSSR count). The minimum Gasteiger partial charge on any atom is -0.321 e. The van der Waals surface area contributed by atoms with Crippen molar-refractivity contribution < 1.29 is 4.79 Å². The Morgan fingerprint density at radius 1 is 1.00 bits per heavy atom. The van der Waals surface area contributed by atoms with Crippen LogP contribution in [0.4, 0.5) is 5.69 Å². The van der Waals surface area contributed by atoms with E-state index >= 15 is 0 Å². The molecule has 6 nitrogen and oxygen atoms in total. The molecule has 0 fully saturated rings. The third-order valence-corrected chi connectivity index (χ3v) is 3.59. The molecule has 0 atom stereocenters. The number of rotatable bonds is 3. The lowest BCUT2D eigenvalue weighted by Crippen LogP contribution is -2.12. The van der Waals surface area contributed by atoms with Crippen molar-refractivity contribution in [1.29, 1.82) is 0 Å². The maximum atomic E-state index is 12.3. The fraction of sp³-hybridized carbons (Fsp3) is 0. The Balaban J connectivity index is 1.56. The third kappa shape index (κ3) is 2.57. The van der Waals surface area contributed by atoms with Crippen molar-refractivity contribution in [2.45, 2.75) is 0 Å². The maximum Gasteiger partial charge on any atom is 0.273 e. The first-order valence-corrected chi connectivity index (χ1v) is 7.15. The molecule has 0 aliphatic heterocycles. The van der Waals surface area contributed by atoms with Gasteiger partial charge in [-0.1, -0.05) is 30.3 Å². The summed E-state index contributed by atoms with van der Waals surface area (Å²) in [4.78, 5) is 12.3. The molecule has 0 aliphatic carbocycles. The van der Waals surface area contributed by atoms with Gasteiger partial charge in [-0.2, -0.15) is 10.2 Å². The largest absolute Gasteiger partial charge is 0.321 e. The van der Waals surface area contributed by atoms with Crippen LogP contribution in [-0.2, 0) is 0 Å². The highest BCUT2D eigenvalue weighted by atomic mass is 16.1. The molecule has 0 saturated heterocycles. The Labute approximate surface area is 131 Å². The van der Waals surface area contributed by atoms with E-state index in [0.29, 0.717) is 11.4 Å². The number of nitrogens with zero attached hydrogens (tertiary/aromatic N) is 2. The Morgan fingerprint density at radius 2 is 1.87 bits per heavy atom. The molecular weight excluding hydrogens is 290 g/mol. The number of H-pyrrole nitrogens is 2. The second kappa shape index (κ2) is 5.42. The van der Waals surface area contributed by atoms with Crippen LogP contribution in [-0.4, -0.2) is 26.3 Å². The Kier molecular flexibility index (Phi) is 3.12. The van der Waals surface area contributed by atoms with Gasteiger partial charge in [-0.15, -0.1) is 0 Å². The highest BCUT2D eigenvalue weighted by Crippen LogP contribution is 2.19. The number of amides is 1. The molecule has 2 aromatic carbocycles. The number of nitrogens with one attached hydrogen (secondary N) is 3. The molecule has 112 valence electrons. The van der Waals surface area contributed by atoms with E-state index in [1.54, 1.807) is 12.3 Å². The summed E-state index contributed by atoms with van der Waals surface area (Å²) in [6.07, 6.45) is 1.72. The second-order valence-electron chi connectivity index (χ2n) is 5.16. The Morgan fingerprint density at radius 3 is 2.74 bits per heavy atom. The summed E-state index contributed by atoms with van der Waals surface area (Å²) in [5, 5.41) is 17.6. The highest BCUT2D eigenvalue weighted by molar-refractivity contribution is 6.04. The number of hydrogen-bond acceptors (Lipinski definition) is 3. The molecule has 0 aliphatic rings. The van der Waals surface area contributed by atoms with Gasteiger partial charge in [0.1, 0.15) is 5.69 Å². The number of carbonyl (C=O) groups excluding carboxylic acids is 1. The van der Waals surface area contributed by atoms with E-state index in [-0.39, 0.29) is 5.91 Å². The lowest BCUT2D eigenvalue weighted by atomic mass is 10.1. The summed E-state index contributed by atoms with van der Waals surface area (Å²) in [5.74, 6) is -0.234. The molecule has 4 aromatic rings. The lowest BCUT2D eigenvalue weighted by molar-refractivity contribution is 0.102.